The monoisotopic (exact) mass is 260 g/mol. The quantitative estimate of drug-likeness (QED) is 0.746. The lowest BCUT2D eigenvalue weighted by Gasteiger charge is -2.16. The van der Waals surface area contributed by atoms with Gasteiger partial charge < -0.3 is 4.74 Å². The molecule has 0 saturated carbocycles. The number of carbonyl (C=O) groups is 1. The van der Waals surface area contributed by atoms with Crippen LogP contribution in [-0.2, 0) is 9.53 Å². The third-order valence-electron chi connectivity index (χ3n) is 3.62. The van der Waals surface area contributed by atoms with Crippen molar-refractivity contribution in [1.82, 2.24) is 0 Å². The van der Waals surface area contributed by atoms with Crippen LogP contribution in [0.5, 0.6) is 0 Å². The molecule has 0 aromatic heterocycles. The summed E-state index contributed by atoms with van der Waals surface area (Å²) in [5.41, 5.74) is 1.27. The maximum Gasteiger partial charge on any atom is 0.314 e. The average molecular weight is 260 g/mol. The number of allylic oxidation sites excluding steroid dienone is 1. The summed E-state index contributed by atoms with van der Waals surface area (Å²) in [6.07, 6.45) is 0.822. The summed E-state index contributed by atoms with van der Waals surface area (Å²) < 4.78 is 5.09. The van der Waals surface area contributed by atoms with Gasteiger partial charge in [-0.25, -0.2) is 0 Å². The van der Waals surface area contributed by atoms with Crippen molar-refractivity contribution in [2.75, 3.05) is 0 Å². The van der Waals surface area contributed by atoms with Crippen LogP contribution in [0.25, 0.3) is 0 Å². The summed E-state index contributed by atoms with van der Waals surface area (Å²) >= 11 is 0. The lowest BCUT2D eigenvalue weighted by atomic mass is 9.84. The summed E-state index contributed by atoms with van der Waals surface area (Å²) in [5.74, 6) is 0.944. The van der Waals surface area contributed by atoms with Gasteiger partial charge in [0.15, 0.2) is 0 Å². The number of hydrogen-bond donors (Lipinski definition) is 0. The normalized spacial score (nSPS) is 23.4. The van der Waals surface area contributed by atoms with Crippen molar-refractivity contribution in [3.63, 3.8) is 0 Å². The molecule has 2 nitrogen and oxygen atoms in total. The van der Waals surface area contributed by atoms with Crippen LogP contribution in [0.2, 0.25) is 0 Å². The van der Waals surface area contributed by atoms with Gasteiger partial charge in [0, 0.05) is 5.92 Å². The van der Waals surface area contributed by atoms with E-state index in [4.69, 9.17) is 4.74 Å². The maximum atomic E-state index is 11.7. The molecule has 0 amide bonds. The van der Waals surface area contributed by atoms with E-state index in [9.17, 15) is 4.79 Å². The molecule has 1 heterocycles. The molecule has 1 aromatic carbocycles. The smallest absolute Gasteiger partial charge is 0.314 e. The average Bonchev–Trinajstić information content (AvgIpc) is 2.68. The van der Waals surface area contributed by atoms with Crippen molar-refractivity contribution >= 4 is 5.97 Å². The van der Waals surface area contributed by atoms with Crippen LogP contribution in [0.15, 0.2) is 42.7 Å². The summed E-state index contributed by atoms with van der Waals surface area (Å²) in [5, 5.41) is 0. The molecule has 19 heavy (non-hydrogen) atoms. The largest absolute Gasteiger partial charge is 0.431 e. The zero-order valence-electron chi connectivity index (χ0n) is 12.3. The first-order chi connectivity index (χ1) is 9.09. The lowest BCUT2D eigenvalue weighted by molar-refractivity contribution is -0.139. The molecule has 3 atom stereocenters. The third-order valence-corrected chi connectivity index (χ3v) is 3.62. The van der Waals surface area contributed by atoms with E-state index in [1.165, 1.54) is 5.56 Å². The Kier molecular flexibility index (Phi) is 5.81. The fourth-order valence-corrected chi connectivity index (χ4v) is 2.33. The van der Waals surface area contributed by atoms with E-state index in [0.29, 0.717) is 11.7 Å². The van der Waals surface area contributed by atoms with Crippen LogP contribution < -0.4 is 0 Å². The second-order valence-corrected chi connectivity index (χ2v) is 4.83. The first-order valence-corrected chi connectivity index (χ1v) is 7.05. The number of cyclic esters (lactones) is 1. The molecule has 1 aliphatic rings. The molecule has 3 unspecified atom stereocenters. The first kappa shape index (κ1) is 15.5. The summed E-state index contributed by atoms with van der Waals surface area (Å²) in [7, 11) is 0. The third kappa shape index (κ3) is 3.69. The van der Waals surface area contributed by atoms with Gasteiger partial charge in [-0.3, -0.25) is 4.79 Å². The number of hydrogen-bond acceptors (Lipinski definition) is 2. The van der Waals surface area contributed by atoms with Crippen LogP contribution in [0.1, 0.15) is 45.6 Å². The highest BCUT2D eigenvalue weighted by Crippen LogP contribution is 2.36. The number of rotatable bonds is 3. The highest BCUT2D eigenvalue weighted by molar-refractivity contribution is 5.77. The molecule has 1 fully saturated rings. The molecule has 1 aromatic rings. The zero-order chi connectivity index (χ0) is 14.4. The molecule has 2 rings (SSSR count). The van der Waals surface area contributed by atoms with E-state index in [-0.39, 0.29) is 17.8 Å². The Labute approximate surface area is 116 Å². The van der Waals surface area contributed by atoms with Crippen molar-refractivity contribution in [3.8, 4) is 0 Å². The van der Waals surface area contributed by atoms with E-state index < -0.39 is 0 Å². The predicted octanol–water partition coefficient (Wildman–Crippen LogP) is 4.53. The van der Waals surface area contributed by atoms with Crippen molar-refractivity contribution in [2.24, 2.45) is 11.8 Å². The van der Waals surface area contributed by atoms with Crippen LogP contribution >= 0.6 is 0 Å². The van der Waals surface area contributed by atoms with Crippen LogP contribution in [-0.4, -0.2) is 5.97 Å². The van der Waals surface area contributed by atoms with Crippen LogP contribution in [0.3, 0.4) is 0 Å². The molecule has 0 spiro atoms. The Hall–Kier alpha value is -1.57. The maximum absolute atomic E-state index is 11.7. The van der Waals surface area contributed by atoms with E-state index in [2.05, 4.69) is 25.6 Å². The second-order valence-electron chi connectivity index (χ2n) is 4.83. The highest BCUT2D eigenvalue weighted by Gasteiger charge is 2.37. The number of ether oxygens (including phenoxy) is 1. The van der Waals surface area contributed by atoms with E-state index in [1.807, 2.05) is 39.0 Å². The summed E-state index contributed by atoms with van der Waals surface area (Å²) in [6, 6.07) is 10.3. The fraction of sp³-hybridized carbons (Fsp3) is 0.471. The van der Waals surface area contributed by atoms with Gasteiger partial charge in [-0.2, -0.15) is 0 Å². The molecule has 0 N–H and O–H groups in total. The summed E-state index contributed by atoms with van der Waals surface area (Å²) in [6.45, 7) is 11.9. The van der Waals surface area contributed by atoms with Crippen LogP contribution in [0.4, 0.5) is 0 Å². The molecule has 1 aliphatic heterocycles. The van der Waals surface area contributed by atoms with Crippen LogP contribution in [0, 0.1) is 11.8 Å². The molecular formula is C17H24O2. The van der Waals surface area contributed by atoms with Crippen molar-refractivity contribution in [3.05, 3.63) is 48.2 Å². The van der Waals surface area contributed by atoms with Crippen molar-refractivity contribution < 1.29 is 9.53 Å². The van der Waals surface area contributed by atoms with E-state index in [1.54, 1.807) is 0 Å². The van der Waals surface area contributed by atoms with Gasteiger partial charge in [0.1, 0.15) is 5.76 Å². The molecule has 0 aliphatic carbocycles. The van der Waals surface area contributed by atoms with E-state index >= 15 is 0 Å². The molecule has 1 saturated heterocycles. The SMILES string of the molecule is C=C1OC(=O)C(CC(C)c2ccccc2)C1C.CC. The number of esters is 1. The molecule has 104 valence electrons. The van der Waals surface area contributed by atoms with Crippen molar-refractivity contribution in [1.29, 1.82) is 0 Å². The molecule has 2 heteroatoms. The highest BCUT2D eigenvalue weighted by atomic mass is 16.5. The number of carbonyl (C=O) groups excluding carboxylic acids is 1. The molecular weight excluding hydrogens is 236 g/mol. The van der Waals surface area contributed by atoms with E-state index in [0.717, 1.165) is 6.42 Å². The minimum absolute atomic E-state index is 0.0438. The zero-order valence-corrected chi connectivity index (χ0v) is 12.3. The van der Waals surface area contributed by atoms with Gasteiger partial charge in [-0.1, -0.05) is 64.6 Å². The Morgan fingerprint density at radius 3 is 2.32 bits per heavy atom. The Morgan fingerprint density at radius 1 is 1.26 bits per heavy atom. The first-order valence-electron chi connectivity index (χ1n) is 7.05. The van der Waals surface area contributed by atoms with Gasteiger partial charge in [-0.05, 0) is 17.9 Å². The lowest BCUT2D eigenvalue weighted by Crippen LogP contribution is -2.16. The summed E-state index contributed by atoms with van der Waals surface area (Å²) in [4.78, 5) is 11.7. The second kappa shape index (κ2) is 7.13. The Bertz CT molecular complexity index is 422. The van der Waals surface area contributed by atoms with Gasteiger partial charge in [0.25, 0.3) is 0 Å². The van der Waals surface area contributed by atoms with Crippen molar-refractivity contribution in [2.45, 2.75) is 40.0 Å². The minimum atomic E-state index is -0.120. The molecule has 0 radical (unpaired) electrons. The van der Waals surface area contributed by atoms with Gasteiger partial charge in [-0.15, -0.1) is 0 Å². The predicted molar refractivity (Wildman–Crippen MR) is 78.7 cm³/mol. The fourth-order valence-electron chi connectivity index (χ4n) is 2.33. The standard InChI is InChI=1S/C15H18O2.C2H6/c1-10(13-7-5-4-6-8-13)9-14-11(2)12(3)17-15(14)16;1-2/h4-8,10-11,14H,3,9H2,1-2H3;1-2H3. The minimum Gasteiger partial charge on any atom is -0.431 e. The van der Waals surface area contributed by atoms with Gasteiger partial charge in [0.05, 0.1) is 5.92 Å². The van der Waals surface area contributed by atoms with Gasteiger partial charge in [0.2, 0.25) is 0 Å². The van der Waals surface area contributed by atoms with Gasteiger partial charge >= 0.3 is 5.97 Å². The number of benzene rings is 1. The topological polar surface area (TPSA) is 26.3 Å². The molecule has 0 bridgehead atoms. The Balaban J connectivity index is 0.000000861. The Morgan fingerprint density at radius 2 is 1.84 bits per heavy atom.